The first-order valence-corrected chi connectivity index (χ1v) is 6.98. The van der Waals surface area contributed by atoms with Crippen LogP contribution in [0.4, 0.5) is 0 Å². The van der Waals surface area contributed by atoms with E-state index in [4.69, 9.17) is 0 Å². The van der Waals surface area contributed by atoms with Crippen LogP contribution in [-0.4, -0.2) is 11.8 Å². The van der Waals surface area contributed by atoms with Crippen LogP contribution in [0.25, 0.3) is 0 Å². The van der Waals surface area contributed by atoms with Gasteiger partial charge in [-0.05, 0) is 68.1 Å². The van der Waals surface area contributed by atoms with Gasteiger partial charge in [0.15, 0.2) is 0 Å². The lowest BCUT2D eigenvalue weighted by molar-refractivity contribution is 0.0369. The zero-order valence-electron chi connectivity index (χ0n) is 7.97. The Balaban J connectivity index is 1.90. The summed E-state index contributed by atoms with van der Waals surface area (Å²) in [4.78, 5) is 0. The van der Waals surface area contributed by atoms with Crippen molar-refractivity contribution in [1.82, 2.24) is 0 Å². The molecule has 4 aliphatic carbocycles. The summed E-state index contributed by atoms with van der Waals surface area (Å²) >= 11 is 0. The van der Waals surface area contributed by atoms with Crippen molar-refractivity contribution in [2.24, 2.45) is 17.8 Å². The monoisotopic (exact) mass is 182 g/mol. The third-order valence-corrected chi connectivity index (χ3v) is 6.24. The van der Waals surface area contributed by atoms with E-state index < -0.39 is 0 Å². The average Bonchev–Trinajstić information content (AvgIpc) is 2.02. The lowest BCUT2D eigenvalue weighted by Crippen LogP contribution is -2.47. The second kappa shape index (κ2) is 2.47. The Kier molecular flexibility index (Phi) is 1.61. The summed E-state index contributed by atoms with van der Waals surface area (Å²) in [5.41, 5.74) is 0. The van der Waals surface area contributed by atoms with Crippen LogP contribution < -0.4 is 0 Å². The quantitative estimate of drug-likeness (QED) is 0.546. The minimum atomic E-state index is 0.870. The van der Waals surface area contributed by atoms with Gasteiger partial charge in [0.1, 0.15) is 0 Å². The van der Waals surface area contributed by atoms with E-state index in [1.165, 1.54) is 8.58 Å². The molecule has 1 heteroatoms. The maximum Gasteiger partial charge on any atom is -0.0116 e. The Morgan fingerprint density at radius 2 is 1.33 bits per heavy atom. The minimum Gasteiger partial charge on any atom is -0.119 e. The molecule has 0 aromatic heterocycles. The first-order valence-electron chi connectivity index (χ1n) is 5.48. The third-order valence-electron chi connectivity index (χ3n) is 4.57. The highest BCUT2D eigenvalue weighted by molar-refractivity contribution is 7.39. The van der Waals surface area contributed by atoms with Crippen molar-refractivity contribution >= 4 is 8.58 Å². The fourth-order valence-corrected chi connectivity index (χ4v) is 5.90. The molecule has 0 nitrogen and oxygen atoms in total. The Hall–Kier alpha value is 0.430. The van der Waals surface area contributed by atoms with Crippen LogP contribution in [0.3, 0.4) is 0 Å². The van der Waals surface area contributed by atoms with Gasteiger partial charge >= 0.3 is 0 Å². The van der Waals surface area contributed by atoms with Crippen molar-refractivity contribution in [3.8, 4) is 0 Å². The first kappa shape index (κ1) is 7.80. The largest absolute Gasteiger partial charge is 0.119 e. The van der Waals surface area contributed by atoms with Gasteiger partial charge in [-0.3, -0.25) is 0 Å². The molecule has 0 aromatic rings. The second-order valence-electron chi connectivity index (χ2n) is 5.45. The lowest BCUT2D eigenvalue weighted by Gasteiger charge is -2.56. The molecule has 0 N–H and O–H groups in total. The number of hydrogen-bond donors (Lipinski definition) is 0. The van der Waals surface area contributed by atoms with Gasteiger partial charge in [0.25, 0.3) is 0 Å². The molecule has 0 amide bonds. The van der Waals surface area contributed by atoms with E-state index in [1.54, 1.807) is 38.5 Å². The first-order chi connectivity index (χ1) is 5.80. The molecule has 0 radical (unpaired) electrons. The van der Waals surface area contributed by atoms with Crippen molar-refractivity contribution in [1.29, 1.82) is 0 Å². The molecule has 0 saturated heterocycles. The van der Waals surface area contributed by atoms with E-state index >= 15 is 0 Å². The van der Waals surface area contributed by atoms with Gasteiger partial charge in [-0.25, -0.2) is 0 Å². The van der Waals surface area contributed by atoms with Gasteiger partial charge in [-0.2, -0.15) is 0 Å². The van der Waals surface area contributed by atoms with Crippen LogP contribution in [0.5, 0.6) is 0 Å². The Labute approximate surface area is 77.3 Å². The zero-order valence-corrected chi connectivity index (χ0v) is 8.97. The van der Waals surface area contributed by atoms with Crippen LogP contribution in [0, 0.1) is 17.8 Å². The third kappa shape index (κ3) is 1.00. The van der Waals surface area contributed by atoms with Gasteiger partial charge in [0, 0.05) is 0 Å². The topological polar surface area (TPSA) is 0 Å². The molecule has 0 spiro atoms. The molecule has 4 rings (SSSR count). The van der Waals surface area contributed by atoms with Crippen LogP contribution in [0.15, 0.2) is 0 Å². The van der Waals surface area contributed by atoms with Crippen molar-refractivity contribution in [3.63, 3.8) is 0 Å². The van der Waals surface area contributed by atoms with Gasteiger partial charge < -0.3 is 0 Å². The predicted octanol–water partition coefficient (Wildman–Crippen LogP) is 3.26. The van der Waals surface area contributed by atoms with Crippen molar-refractivity contribution in [3.05, 3.63) is 0 Å². The molecular formula is C11H19P. The molecule has 0 aromatic carbocycles. The lowest BCUT2D eigenvalue weighted by atomic mass is 9.56. The molecule has 0 aliphatic heterocycles. The summed E-state index contributed by atoms with van der Waals surface area (Å²) in [6.45, 7) is 2.45. The molecule has 4 fully saturated rings. The number of hydrogen-bond acceptors (Lipinski definition) is 0. The molecule has 4 aliphatic rings. The van der Waals surface area contributed by atoms with Gasteiger partial charge in [-0.15, -0.1) is 8.58 Å². The highest BCUT2D eigenvalue weighted by atomic mass is 31.1. The molecule has 1 atom stereocenters. The Morgan fingerprint density at radius 3 is 1.67 bits per heavy atom. The summed E-state index contributed by atoms with van der Waals surface area (Å²) in [5, 5.41) is 0.870. The van der Waals surface area contributed by atoms with E-state index in [9.17, 15) is 0 Å². The maximum atomic E-state index is 2.45. The van der Waals surface area contributed by atoms with Gasteiger partial charge in [-0.1, -0.05) is 0 Å². The Morgan fingerprint density at radius 1 is 0.917 bits per heavy atom. The molecule has 1 unspecified atom stereocenters. The van der Waals surface area contributed by atoms with Crippen LogP contribution in [0.2, 0.25) is 0 Å². The van der Waals surface area contributed by atoms with E-state index in [2.05, 4.69) is 6.66 Å². The standard InChI is InChI=1S/C11H19P/c1-12-11-5-8-2-9(6-11)4-10(3-8)7-11/h8-10,12H,2-7H2,1H3. The highest BCUT2D eigenvalue weighted by Gasteiger charge is 2.49. The van der Waals surface area contributed by atoms with Crippen molar-refractivity contribution < 1.29 is 0 Å². The molecule has 12 heavy (non-hydrogen) atoms. The van der Waals surface area contributed by atoms with E-state index in [0.29, 0.717) is 0 Å². The summed E-state index contributed by atoms with van der Waals surface area (Å²) in [6.07, 6.45) is 9.62. The SMILES string of the molecule is CPC12CC3CC(CC(C3)C1)C2. The van der Waals surface area contributed by atoms with Gasteiger partial charge in [0.2, 0.25) is 0 Å². The molecule has 4 bridgehead atoms. The van der Waals surface area contributed by atoms with Crippen LogP contribution in [0.1, 0.15) is 38.5 Å². The maximum absolute atomic E-state index is 2.45. The second-order valence-corrected chi connectivity index (χ2v) is 7.01. The molecule has 0 heterocycles. The molecule has 4 saturated carbocycles. The summed E-state index contributed by atoms with van der Waals surface area (Å²) in [6, 6.07) is 0. The van der Waals surface area contributed by atoms with E-state index in [0.717, 1.165) is 22.9 Å². The highest BCUT2D eigenvalue weighted by Crippen LogP contribution is 2.61. The van der Waals surface area contributed by atoms with E-state index in [-0.39, 0.29) is 0 Å². The van der Waals surface area contributed by atoms with Crippen LogP contribution in [-0.2, 0) is 0 Å². The van der Waals surface area contributed by atoms with Crippen molar-refractivity contribution in [2.45, 2.75) is 43.7 Å². The minimum absolute atomic E-state index is 0.870. The molecule has 68 valence electrons. The van der Waals surface area contributed by atoms with Crippen LogP contribution >= 0.6 is 8.58 Å². The summed E-state index contributed by atoms with van der Waals surface area (Å²) < 4.78 is 0. The normalized spacial score (nSPS) is 57.2. The summed E-state index contributed by atoms with van der Waals surface area (Å²) in [7, 11) is 1.23. The summed E-state index contributed by atoms with van der Waals surface area (Å²) in [5.74, 6) is 3.47. The molecular weight excluding hydrogens is 163 g/mol. The number of rotatable bonds is 1. The fraction of sp³-hybridized carbons (Fsp3) is 1.00. The van der Waals surface area contributed by atoms with E-state index in [1.807, 2.05) is 0 Å². The average molecular weight is 182 g/mol. The zero-order chi connectivity index (χ0) is 8.18. The predicted molar refractivity (Wildman–Crippen MR) is 55.1 cm³/mol. The Bertz CT molecular complexity index is 162. The van der Waals surface area contributed by atoms with Crippen molar-refractivity contribution in [2.75, 3.05) is 6.66 Å². The fourth-order valence-electron chi connectivity index (χ4n) is 4.42. The smallest absolute Gasteiger partial charge is 0.0116 e. The van der Waals surface area contributed by atoms with Gasteiger partial charge in [0.05, 0.1) is 0 Å².